The van der Waals surface area contributed by atoms with Gasteiger partial charge in [-0.3, -0.25) is 4.98 Å². The Labute approximate surface area is 127 Å². The molecule has 0 aliphatic carbocycles. The molecule has 2 aromatic carbocycles. The van der Waals surface area contributed by atoms with Gasteiger partial charge in [-0.05, 0) is 54.4 Å². The van der Waals surface area contributed by atoms with E-state index >= 15 is 0 Å². The zero-order valence-corrected chi connectivity index (χ0v) is 12.3. The summed E-state index contributed by atoms with van der Waals surface area (Å²) < 4.78 is 13.3. The molecule has 1 N–H and O–H groups in total. The van der Waals surface area contributed by atoms with E-state index in [0.29, 0.717) is 17.1 Å². The lowest BCUT2D eigenvalue weighted by atomic mass is 10.1. The third-order valence-electron chi connectivity index (χ3n) is 3.44. The number of nitrogens with one attached hydrogen (secondary N) is 1. The van der Waals surface area contributed by atoms with Gasteiger partial charge in [0.15, 0.2) is 0 Å². The lowest BCUT2D eigenvalue weighted by Crippen LogP contribution is -2.01. The van der Waals surface area contributed by atoms with Crippen LogP contribution in [0.2, 0.25) is 5.02 Å². The molecule has 0 saturated heterocycles. The van der Waals surface area contributed by atoms with Crippen LogP contribution in [0.4, 0.5) is 10.1 Å². The Kier molecular flexibility index (Phi) is 3.76. The topological polar surface area (TPSA) is 24.9 Å². The number of hydrogen-bond donors (Lipinski definition) is 1. The molecule has 3 rings (SSSR count). The summed E-state index contributed by atoms with van der Waals surface area (Å²) in [5, 5.41) is 4.92. The van der Waals surface area contributed by atoms with Crippen LogP contribution in [0.1, 0.15) is 11.1 Å². The maximum atomic E-state index is 13.3. The highest BCUT2D eigenvalue weighted by atomic mass is 35.5. The normalized spacial score (nSPS) is 10.8. The quantitative estimate of drug-likeness (QED) is 0.740. The van der Waals surface area contributed by atoms with Crippen LogP contribution in [0.15, 0.2) is 48.7 Å². The number of benzene rings is 2. The second kappa shape index (κ2) is 5.70. The number of halogens is 2. The number of aryl methyl sites for hydroxylation is 1. The minimum absolute atomic E-state index is 0.195. The maximum absolute atomic E-state index is 13.3. The van der Waals surface area contributed by atoms with Crippen molar-refractivity contribution in [2.75, 3.05) is 5.32 Å². The number of aromatic nitrogens is 1. The van der Waals surface area contributed by atoms with E-state index in [1.807, 2.05) is 24.3 Å². The minimum atomic E-state index is -0.195. The number of anilines is 1. The Hall–Kier alpha value is -2.13. The number of fused-ring (bicyclic) bond motifs is 1. The molecule has 21 heavy (non-hydrogen) atoms. The summed E-state index contributed by atoms with van der Waals surface area (Å²) in [6.07, 6.45) is 1.75. The molecule has 0 bridgehead atoms. The third kappa shape index (κ3) is 2.83. The van der Waals surface area contributed by atoms with Crippen molar-refractivity contribution in [3.8, 4) is 0 Å². The van der Waals surface area contributed by atoms with Crippen LogP contribution in [0.25, 0.3) is 10.9 Å². The van der Waals surface area contributed by atoms with Crippen molar-refractivity contribution in [2.45, 2.75) is 13.5 Å². The van der Waals surface area contributed by atoms with Crippen LogP contribution < -0.4 is 5.32 Å². The third-order valence-corrected chi connectivity index (χ3v) is 3.77. The smallest absolute Gasteiger partial charge is 0.126 e. The van der Waals surface area contributed by atoms with Gasteiger partial charge in [0, 0.05) is 28.8 Å². The van der Waals surface area contributed by atoms with Crippen molar-refractivity contribution >= 4 is 28.2 Å². The first-order valence-electron chi connectivity index (χ1n) is 6.67. The molecule has 4 heteroatoms. The first-order valence-corrected chi connectivity index (χ1v) is 7.05. The Morgan fingerprint density at radius 1 is 1.19 bits per heavy atom. The van der Waals surface area contributed by atoms with Crippen molar-refractivity contribution in [3.05, 3.63) is 70.6 Å². The largest absolute Gasteiger partial charge is 0.381 e. The van der Waals surface area contributed by atoms with E-state index in [1.54, 1.807) is 25.3 Å². The molecule has 1 aromatic heterocycles. The number of nitrogens with zero attached hydrogens (tertiary/aromatic N) is 1. The van der Waals surface area contributed by atoms with E-state index in [1.165, 1.54) is 6.07 Å². The van der Waals surface area contributed by atoms with Gasteiger partial charge in [0.05, 0.1) is 5.52 Å². The Morgan fingerprint density at radius 3 is 2.86 bits per heavy atom. The van der Waals surface area contributed by atoms with Gasteiger partial charge in [-0.1, -0.05) is 17.7 Å². The highest BCUT2D eigenvalue weighted by Gasteiger charge is 2.06. The zero-order chi connectivity index (χ0) is 14.8. The molecule has 3 aromatic rings. The number of hydrogen-bond acceptors (Lipinski definition) is 2. The van der Waals surface area contributed by atoms with Gasteiger partial charge in [0.25, 0.3) is 0 Å². The second-order valence-electron chi connectivity index (χ2n) is 4.92. The van der Waals surface area contributed by atoms with Crippen LogP contribution in [0.5, 0.6) is 0 Å². The van der Waals surface area contributed by atoms with E-state index in [0.717, 1.165) is 22.2 Å². The van der Waals surface area contributed by atoms with Crippen LogP contribution in [0, 0.1) is 12.7 Å². The molecule has 0 fully saturated rings. The minimum Gasteiger partial charge on any atom is -0.381 e. The fourth-order valence-corrected chi connectivity index (χ4v) is 2.51. The van der Waals surface area contributed by atoms with Crippen molar-refractivity contribution < 1.29 is 4.39 Å². The highest BCUT2D eigenvalue weighted by Crippen LogP contribution is 2.25. The SMILES string of the molecule is Cc1cc(NCc2ccc(Cl)c3cccnc23)ccc1F. The number of rotatable bonds is 3. The van der Waals surface area contributed by atoms with Gasteiger partial charge in [0.2, 0.25) is 0 Å². The van der Waals surface area contributed by atoms with Crippen LogP contribution in [-0.4, -0.2) is 4.98 Å². The summed E-state index contributed by atoms with van der Waals surface area (Å²) in [4.78, 5) is 4.40. The average molecular weight is 301 g/mol. The molecule has 2 nitrogen and oxygen atoms in total. The predicted octanol–water partition coefficient (Wildman–Crippen LogP) is 4.95. The highest BCUT2D eigenvalue weighted by molar-refractivity contribution is 6.35. The molecule has 106 valence electrons. The van der Waals surface area contributed by atoms with E-state index in [9.17, 15) is 4.39 Å². The maximum Gasteiger partial charge on any atom is 0.126 e. The van der Waals surface area contributed by atoms with Crippen molar-refractivity contribution in [1.82, 2.24) is 4.98 Å². The monoisotopic (exact) mass is 300 g/mol. The molecular weight excluding hydrogens is 287 g/mol. The lowest BCUT2D eigenvalue weighted by molar-refractivity contribution is 0.618. The fourth-order valence-electron chi connectivity index (χ4n) is 2.29. The van der Waals surface area contributed by atoms with Gasteiger partial charge < -0.3 is 5.32 Å². The Balaban J connectivity index is 1.88. The molecule has 0 spiro atoms. The van der Waals surface area contributed by atoms with Crippen LogP contribution in [0.3, 0.4) is 0 Å². The van der Waals surface area contributed by atoms with Gasteiger partial charge in [-0.15, -0.1) is 0 Å². The summed E-state index contributed by atoms with van der Waals surface area (Å²) in [6, 6.07) is 12.6. The van der Waals surface area contributed by atoms with Gasteiger partial charge in [-0.25, -0.2) is 4.39 Å². The van der Waals surface area contributed by atoms with E-state index in [2.05, 4.69) is 10.3 Å². The first kappa shape index (κ1) is 13.8. The molecule has 0 amide bonds. The van der Waals surface area contributed by atoms with E-state index in [4.69, 9.17) is 11.6 Å². The summed E-state index contributed by atoms with van der Waals surface area (Å²) >= 11 is 6.18. The van der Waals surface area contributed by atoms with E-state index < -0.39 is 0 Å². The van der Waals surface area contributed by atoms with Gasteiger partial charge in [0.1, 0.15) is 5.82 Å². The standard InChI is InChI=1S/C17H14ClFN2/c1-11-9-13(5-7-16(11)19)21-10-12-4-6-15(18)14-3-2-8-20-17(12)14/h2-9,21H,10H2,1H3. The molecule has 0 saturated carbocycles. The predicted molar refractivity (Wildman–Crippen MR) is 85.2 cm³/mol. The van der Waals surface area contributed by atoms with Gasteiger partial charge in [-0.2, -0.15) is 0 Å². The first-order chi connectivity index (χ1) is 10.1. The molecular formula is C17H14ClFN2. The Bertz CT molecular complexity index is 802. The molecule has 0 atom stereocenters. The number of pyridine rings is 1. The summed E-state index contributed by atoms with van der Waals surface area (Å²) in [7, 11) is 0. The molecule has 0 aliphatic heterocycles. The van der Waals surface area contributed by atoms with Crippen molar-refractivity contribution in [2.24, 2.45) is 0 Å². The zero-order valence-electron chi connectivity index (χ0n) is 11.5. The lowest BCUT2D eigenvalue weighted by Gasteiger charge is -2.10. The summed E-state index contributed by atoms with van der Waals surface area (Å²) in [5.74, 6) is -0.195. The molecule has 0 aliphatic rings. The van der Waals surface area contributed by atoms with Crippen LogP contribution in [-0.2, 0) is 6.54 Å². The Morgan fingerprint density at radius 2 is 2.05 bits per heavy atom. The molecule has 0 radical (unpaired) electrons. The average Bonchev–Trinajstić information content (AvgIpc) is 2.50. The van der Waals surface area contributed by atoms with Crippen molar-refractivity contribution in [3.63, 3.8) is 0 Å². The van der Waals surface area contributed by atoms with Gasteiger partial charge >= 0.3 is 0 Å². The summed E-state index contributed by atoms with van der Waals surface area (Å²) in [6.45, 7) is 2.36. The molecule has 1 heterocycles. The van der Waals surface area contributed by atoms with E-state index in [-0.39, 0.29) is 5.82 Å². The molecule has 0 unspecified atom stereocenters. The van der Waals surface area contributed by atoms with Crippen molar-refractivity contribution in [1.29, 1.82) is 0 Å². The summed E-state index contributed by atoms with van der Waals surface area (Å²) in [5.41, 5.74) is 3.44. The fraction of sp³-hybridized carbons (Fsp3) is 0.118. The second-order valence-corrected chi connectivity index (χ2v) is 5.33. The van der Waals surface area contributed by atoms with Crippen LogP contribution >= 0.6 is 11.6 Å².